The third kappa shape index (κ3) is 5.19. The molecule has 4 aromatic rings. The smallest absolute Gasteiger partial charge is 0.393 e. The highest BCUT2D eigenvalue weighted by atomic mass is 19.4. The van der Waals surface area contributed by atoms with Crippen LogP contribution in [0.5, 0.6) is 0 Å². The van der Waals surface area contributed by atoms with Crippen molar-refractivity contribution in [3.8, 4) is 22.5 Å². The van der Waals surface area contributed by atoms with Gasteiger partial charge in [-0.2, -0.15) is 18.2 Å². The zero-order valence-corrected chi connectivity index (χ0v) is 20.5. The van der Waals surface area contributed by atoms with E-state index in [2.05, 4.69) is 25.4 Å². The zero-order chi connectivity index (χ0) is 27.9. The van der Waals surface area contributed by atoms with Crippen LogP contribution < -0.4 is 16.0 Å². The van der Waals surface area contributed by atoms with Gasteiger partial charge in [0.1, 0.15) is 11.6 Å². The van der Waals surface area contributed by atoms with Gasteiger partial charge in [0.2, 0.25) is 5.95 Å². The van der Waals surface area contributed by atoms with Gasteiger partial charge in [0.25, 0.3) is 0 Å². The summed E-state index contributed by atoms with van der Waals surface area (Å²) in [5, 5.41) is 16.7. The molecule has 4 heterocycles. The van der Waals surface area contributed by atoms with Crippen molar-refractivity contribution in [1.29, 1.82) is 0 Å². The highest BCUT2D eigenvalue weighted by Crippen LogP contribution is 2.39. The maximum Gasteiger partial charge on any atom is 0.393 e. The second kappa shape index (κ2) is 10.1. The molecule has 3 aromatic heterocycles. The van der Waals surface area contributed by atoms with Crippen LogP contribution in [0.25, 0.3) is 22.5 Å². The number of pyridine rings is 2. The van der Waals surface area contributed by atoms with Crippen LogP contribution in [0.3, 0.4) is 0 Å². The van der Waals surface area contributed by atoms with Crippen LogP contribution in [0.15, 0.2) is 48.8 Å². The normalized spacial score (nSPS) is 17.6. The molecular weight excluding hydrogens is 523 g/mol. The van der Waals surface area contributed by atoms with Crippen molar-refractivity contribution in [2.75, 3.05) is 35.6 Å². The van der Waals surface area contributed by atoms with Gasteiger partial charge in [0, 0.05) is 67.4 Å². The summed E-state index contributed by atoms with van der Waals surface area (Å²) in [6, 6.07) is 8.67. The highest BCUT2D eigenvalue weighted by molar-refractivity contribution is 5.70. The first kappa shape index (κ1) is 26.3. The lowest BCUT2D eigenvalue weighted by atomic mass is 9.97. The van der Waals surface area contributed by atoms with Crippen molar-refractivity contribution < 1.29 is 27.1 Å². The molecule has 0 saturated carbocycles. The Morgan fingerprint density at radius 1 is 1.08 bits per heavy atom. The number of nitrogens with two attached hydrogens (primary N) is 1. The van der Waals surface area contributed by atoms with Gasteiger partial charge >= 0.3 is 6.18 Å². The van der Waals surface area contributed by atoms with Crippen molar-refractivity contribution >= 4 is 23.3 Å². The average Bonchev–Trinajstić information content (AvgIpc) is 3.50. The number of aromatic nitrogens is 5. The van der Waals surface area contributed by atoms with Crippen LogP contribution in [0.4, 0.5) is 45.2 Å². The maximum absolute atomic E-state index is 14.8. The fourth-order valence-electron chi connectivity index (χ4n) is 4.54. The van der Waals surface area contributed by atoms with E-state index >= 15 is 0 Å². The van der Waals surface area contributed by atoms with Gasteiger partial charge in [-0.25, -0.2) is 23.4 Å². The molecule has 1 aromatic carbocycles. The molecule has 1 saturated heterocycles. The number of nitrogens with one attached hydrogen (secondary N) is 1. The third-order valence-electron chi connectivity index (χ3n) is 6.62. The number of nitrogen functional groups attached to an aromatic ring is 1. The van der Waals surface area contributed by atoms with Crippen molar-refractivity contribution in [2.24, 2.45) is 18.9 Å². The Hall–Kier alpha value is -4.33. The van der Waals surface area contributed by atoms with Gasteiger partial charge in [-0.15, -0.1) is 5.10 Å². The van der Waals surface area contributed by atoms with E-state index in [9.17, 15) is 27.1 Å². The van der Waals surface area contributed by atoms with E-state index in [0.717, 1.165) is 0 Å². The quantitative estimate of drug-likeness (QED) is 0.309. The molecule has 14 heteroatoms. The molecule has 5 rings (SSSR count). The summed E-state index contributed by atoms with van der Waals surface area (Å²) in [4.78, 5) is 13.8. The summed E-state index contributed by atoms with van der Waals surface area (Å²) in [7, 11) is 1.62. The molecular formula is C25H23F5N8O. The van der Waals surface area contributed by atoms with Crippen molar-refractivity contribution in [1.82, 2.24) is 24.7 Å². The van der Waals surface area contributed by atoms with Crippen LogP contribution in [0.2, 0.25) is 0 Å². The molecule has 1 aliphatic rings. The summed E-state index contributed by atoms with van der Waals surface area (Å²) in [6.07, 6.45) is -1.67. The summed E-state index contributed by atoms with van der Waals surface area (Å²) in [6.45, 7) is -0.804. The lowest BCUT2D eigenvalue weighted by Crippen LogP contribution is -2.31. The van der Waals surface area contributed by atoms with Gasteiger partial charge in [-0.05, 0) is 36.4 Å². The number of aliphatic hydroxyl groups is 1. The highest BCUT2D eigenvalue weighted by Gasteiger charge is 2.49. The number of rotatable bonds is 6. The number of hydrogen-bond donors (Lipinski definition) is 3. The Morgan fingerprint density at radius 3 is 2.51 bits per heavy atom. The maximum atomic E-state index is 14.8. The van der Waals surface area contributed by atoms with Gasteiger partial charge in [-0.3, -0.25) is 0 Å². The Morgan fingerprint density at radius 2 is 1.87 bits per heavy atom. The monoisotopic (exact) mass is 546 g/mol. The van der Waals surface area contributed by atoms with Crippen LogP contribution >= 0.6 is 0 Å². The summed E-state index contributed by atoms with van der Waals surface area (Å²) in [5.41, 5.74) is 6.33. The van der Waals surface area contributed by atoms with E-state index in [-0.39, 0.29) is 41.8 Å². The number of halogens is 5. The molecule has 1 fully saturated rings. The predicted molar refractivity (Wildman–Crippen MR) is 134 cm³/mol. The number of benzene rings is 1. The number of nitrogens with zero attached hydrogens (tertiary/aromatic N) is 6. The molecule has 1 aliphatic heterocycles. The first-order chi connectivity index (χ1) is 18.5. The van der Waals surface area contributed by atoms with Gasteiger partial charge in [-0.1, -0.05) is 0 Å². The van der Waals surface area contributed by atoms with Crippen molar-refractivity contribution in [3.05, 3.63) is 60.4 Å². The summed E-state index contributed by atoms with van der Waals surface area (Å²) in [5.74, 6) is -3.47. The molecule has 0 aliphatic carbocycles. The van der Waals surface area contributed by atoms with Crippen LogP contribution in [0.1, 0.15) is 0 Å². The number of aryl methyl sites for hydroxylation is 1. The van der Waals surface area contributed by atoms with E-state index in [0.29, 0.717) is 17.1 Å². The van der Waals surface area contributed by atoms with Crippen LogP contribution in [0, 0.1) is 23.5 Å². The first-order valence-electron chi connectivity index (χ1n) is 11.8. The lowest BCUT2D eigenvalue weighted by Gasteiger charge is -2.19. The second-order valence-corrected chi connectivity index (χ2v) is 9.16. The fourth-order valence-corrected chi connectivity index (χ4v) is 4.54. The fraction of sp³-hybridized carbons (Fsp3) is 0.280. The molecule has 0 bridgehead atoms. The molecule has 0 spiro atoms. The SMILES string of the molecule is Cn1nc(-c2ccc(N3C[C@@H](CO)[C@H](C(F)(F)F)C3)nc2)nc1Nc1ccc(-c2ccnc(N)c2F)c(F)c1. The van der Waals surface area contributed by atoms with E-state index in [4.69, 9.17) is 5.73 Å². The molecule has 0 unspecified atom stereocenters. The van der Waals surface area contributed by atoms with Gasteiger partial charge in [0.05, 0.1) is 5.92 Å². The van der Waals surface area contributed by atoms with E-state index in [1.165, 1.54) is 40.2 Å². The topological polar surface area (TPSA) is 118 Å². The minimum Gasteiger partial charge on any atom is -0.396 e. The summed E-state index contributed by atoms with van der Waals surface area (Å²) >= 11 is 0. The predicted octanol–water partition coefficient (Wildman–Crippen LogP) is 4.15. The van der Waals surface area contributed by atoms with E-state index in [1.54, 1.807) is 25.2 Å². The molecule has 2 atom stereocenters. The Bertz CT molecular complexity index is 1490. The largest absolute Gasteiger partial charge is 0.396 e. The van der Waals surface area contributed by atoms with E-state index < -0.39 is 36.3 Å². The van der Waals surface area contributed by atoms with Crippen LogP contribution in [-0.2, 0) is 7.05 Å². The Balaban J connectivity index is 1.31. The zero-order valence-electron chi connectivity index (χ0n) is 20.5. The first-order valence-corrected chi connectivity index (χ1v) is 11.8. The molecule has 0 amide bonds. The third-order valence-corrected chi connectivity index (χ3v) is 6.62. The Labute approximate surface area is 219 Å². The van der Waals surface area contributed by atoms with Gasteiger partial charge in [0.15, 0.2) is 17.5 Å². The molecule has 4 N–H and O–H groups in total. The minimum absolute atomic E-state index is 0.0156. The number of alkyl halides is 3. The van der Waals surface area contributed by atoms with Crippen molar-refractivity contribution in [2.45, 2.75) is 6.18 Å². The van der Waals surface area contributed by atoms with Crippen molar-refractivity contribution in [3.63, 3.8) is 0 Å². The molecule has 39 heavy (non-hydrogen) atoms. The molecule has 0 radical (unpaired) electrons. The lowest BCUT2D eigenvalue weighted by molar-refractivity contribution is -0.181. The Kier molecular flexibility index (Phi) is 6.80. The molecule has 204 valence electrons. The minimum atomic E-state index is -4.41. The molecule has 9 nitrogen and oxygen atoms in total. The van der Waals surface area contributed by atoms with Crippen LogP contribution in [-0.4, -0.2) is 55.7 Å². The number of aliphatic hydroxyl groups excluding tert-OH is 1. The summed E-state index contributed by atoms with van der Waals surface area (Å²) < 4.78 is 70.4. The number of hydrogen-bond acceptors (Lipinski definition) is 8. The average molecular weight is 547 g/mol. The van der Waals surface area contributed by atoms with E-state index in [1.807, 2.05) is 0 Å². The second-order valence-electron chi connectivity index (χ2n) is 9.16. The van der Waals surface area contributed by atoms with Gasteiger partial charge < -0.3 is 21.1 Å². The standard InChI is InChI=1S/C25H23F5N8O/c1-37-24(34-15-3-4-16(19(26)8-15)17-6-7-32-22(31)21(17)27)35-23(36-37)13-2-5-20(33-9-13)38-10-14(12-39)18(11-38)25(28,29)30/h2-9,14,18,39H,10-12H2,1H3,(H2,31,32)(H,34,35,36)/t14-,18+/m0/s1. The number of anilines is 4.